The lowest BCUT2D eigenvalue weighted by Gasteiger charge is -2.07. The van der Waals surface area contributed by atoms with Crippen LogP contribution in [0.2, 0.25) is 0 Å². The maximum atomic E-state index is 13.3. The van der Waals surface area contributed by atoms with Crippen molar-refractivity contribution >= 4 is 11.9 Å². The number of hydrogen-bond acceptors (Lipinski definition) is 4. The largest absolute Gasteiger partial charge is 0.466 e. The fourth-order valence-corrected chi connectivity index (χ4v) is 2.78. The molecule has 0 spiro atoms. The number of nitrogens with zero attached hydrogens (tertiary/aromatic N) is 1. The predicted octanol–water partition coefficient (Wildman–Crippen LogP) is 3.92. The molecule has 3 aromatic rings. The number of rotatable bonds is 7. The Morgan fingerprint density at radius 2 is 1.79 bits per heavy atom. The van der Waals surface area contributed by atoms with Crippen LogP contribution < -0.4 is 5.32 Å². The highest BCUT2D eigenvalue weighted by Crippen LogP contribution is 2.18. The zero-order valence-electron chi connectivity index (χ0n) is 16.0. The minimum absolute atomic E-state index is 0.226. The second-order valence-corrected chi connectivity index (χ2v) is 6.42. The Kier molecular flexibility index (Phi) is 6.68. The molecular formula is C23H21FN2O3. The number of amides is 1. The zero-order valence-corrected chi connectivity index (χ0v) is 16.0. The van der Waals surface area contributed by atoms with Crippen LogP contribution in [0.25, 0.3) is 11.3 Å². The van der Waals surface area contributed by atoms with E-state index in [2.05, 4.69) is 10.3 Å². The fourth-order valence-electron chi connectivity index (χ4n) is 2.78. The quantitative estimate of drug-likeness (QED) is 0.619. The molecule has 0 radical (unpaired) electrons. The first-order chi connectivity index (χ1) is 14.0. The molecule has 1 amide bonds. The first-order valence-electron chi connectivity index (χ1n) is 9.29. The van der Waals surface area contributed by atoms with E-state index in [0.29, 0.717) is 30.0 Å². The second-order valence-electron chi connectivity index (χ2n) is 6.42. The van der Waals surface area contributed by atoms with Crippen LogP contribution in [-0.2, 0) is 22.5 Å². The number of carbonyl (C=O) groups is 2. The van der Waals surface area contributed by atoms with E-state index in [0.717, 1.165) is 11.1 Å². The van der Waals surface area contributed by atoms with Crippen molar-refractivity contribution in [3.63, 3.8) is 0 Å². The minimum Gasteiger partial charge on any atom is -0.466 e. The van der Waals surface area contributed by atoms with Gasteiger partial charge in [0.2, 0.25) is 0 Å². The summed E-state index contributed by atoms with van der Waals surface area (Å²) in [6.45, 7) is 2.49. The molecular weight excluding hydrogens is 371 g/mol. The van der Waals surface area contributed by atoms with Gasteiger partial charge in [0.25, 0.3) is 5.91 Å². The SMILES string of the molecule is CCOC(=O)Cc1ccc(CNC(=O)c2ccc(-c3cccc(F)c3)nc2)cc1. The molecule has 2 aromatic carbocycles. The summed E-state index contributed by atoms with van der Waals surface area (Å²) in [5.41, 5.74) is 3.44. The first kappa shape index (κ1) is 20.2. The monoisotopic (exact) mass is 392 g/mol. The molecule has 0 bridgehead atoms. The summed E-state index contributed by atoms with van der Waals surface area (Å²) in [6, 6.07) is 16.9. The standard InChI is InChI=1S/C23H21FN2O3/c1-2-29-22(27)12-16-6-8-17(9-7-16)14-26-23(28)19-10-11-21(25-15-19)18-4-3-5-20(24)13-18/h3-11,13,15H,2,12,14H2,1H3,(H,26,28). The number of nitrogens with one attached hydrogen (secondary N) is 1. The van der Waals surface area contributed by atoms with Crippen LogP contribution in [-0.4, -0.2) is 23.5 Å². The minimum atomic E-state index is -0.334. The van der Waals surface area contributed by atoms with E-state index >= 15 is 0 Å². The Morgan fingerprint density at radius 3 is 2.45 bits per heavy atom. The number of esters is 1. The van der Waals surface area contributed by atoms with Crippen LogP contribution >= 0.6 is 0 Å². The van der Waals surface area contributed by atoms with E-state index < -0.39 is 0 Å². The molecule has 1 heterocycles. The van der Waals surface area contributed by atoms with Crippen molar-refractivity contribution in [3.05, 3.63) is 89.4 Å². The second kappa shape index (κ2) is 9.59. The Labute approximate surface area is 168 Å². The number of halogens is 1. The fraction of sp³-hybridized carbons (Fsp3) is 0.174. The van der Waals surface area contributed by atoms with Crippen LogP contribution in [0, 0.1) is 5.82 Å². The Morgan fingerprint density at radius 1 is 1.03 bits per heavy atom. The number of ether oxygens (including phenoxy) is 1. The van der Waals surface area contributed by atoms with E-state index in [1.807, 2.05) is 24.3 Å². The molecule has 29 heavy (non-hydrogen) atoms. The van der Waals surface area contributed by atoms with Gasteiger partial charge in [0.1, 0.15) is 5.82 Å². The molecule has 0 aliphatic heterocycles. The topological polar surface area (TPSA) is 68.3 Å². The van der Waals surface area contributed by atoms with Gasteiger partial charge in [-0.25, -0.2) is 4.39 Å². The van der Waals surface area contributed by atoms with Crippen LogP contribution in [0.5, 0.6) is 0 Å². The van der Waals surface area contributed by atoms with Gasteiger partial charge in [0, 0.05) is 18.3 Å². The molecule has 1 N–H and O–H groups in total. The van der Waals surface area contributed by atoms with Gasteiger partial charge in [-0.3, -0.25) is 14.6 Å². The van der Waals surface area contributed by atoms with Crippen molar-refractivity contribution in [2.75, 3.05) is 6.61 Å². The lowest BCUT2D eigenvalue weighted by Crippen LogP contribution is -2.22. The van der Waals surface area contributed by atoms with Crippen LogP contribution in [0.4, 0.5) is 4.39 Å². The summed E-state index contributed by atoms with van der Waals surface area (Å²) in [5.74, 6) is -0.846. The summed E-state index contributed by atoms with van der Waals surface area (Å²) in [4.78, 5) is 28.1. The van der Waals surface area contributed by atoms with Gasteiger partial charge >= 0.3 is 5.97 Å². The third kappa shape index (κ3) is 5.72. The molecule has 0 fully saturated rings. The van der Waals surface area contributed by atoms with E-state index in [1.165, 1.54) is 18.3 Å². The van der Waals surface area contributed by atoms with Gasteiger partial charge in [-0.05, 0) is 42.3 Å². The molecule has 0 saturated carbocycles. The number of aromatic nitrogens is 1. The number of carbonyl (C=O) groups excluding carboxylic acids is 2. The van der Waals surface area contributed by atoms with Gasteiger partial charge < -0.3 is 10.1 Å². The van der Waals surface area contributed by atoms with Crippen molar-refractivity contribution in [1.82, 2.24) is 10.3 Å². The van der Waals surface area contributed by atoms with Crippen molar-refractivity contribution in [1.29, 1.82) is 0 Å². The average molecular weight is 392 g/mol. The van der Waals surface area contributed by atoms with Crippen molar-refractivity contribution in [2.24, 2.45) is 0 Å². The molecule has 1 aromatic heterocycles. The highest BCUT2D eigenvalue weighted by molar-refractivity contribution is 5.94. The van der Waals surface area contributed by atoms with Gasteiger partial charge in [-0.1, -0.05) is 36.4 Å². The molecule has 0 unspecified atom stereocenters. The molecule has 0 atom stereocenters. The van der Waals surface area contributed by atoms with Gasteiger partial charge in [-0.2, -0.15) is 0 Å². The summed E-state index contributed by atoms with van der Waals surface area (Å²) in [5, 5.41) is 2.83. The first-order valence-corrected chi connectivity index (χ1v) is 9.29. The molecule has 6 heteroatoms. The summed E-state index contributed by atoms with van der Waals surface area (Å²) < 4.78 is 18.3. The van der Waals surface area contributed by atoms with Gasteiger partial charge in [0.15, 0.2) is 0 Å². The lowest BCUT2D eigenvalue weighted by molar-refractivity contribution is -0.142. The van der Waals surface area contributed by atoms with E-state index in [1.54, 1.807) is 31.2 Å². The van der Waals surface area contributed by atoms with Gasteiger partial charge in [0.05, 0.1) is 24.3 Å². The maximum absolute atomic E-state index is 13.3. The average Bonchev–Trinajstić information content (AvgIpc) is 2.73. The highest BCUT2D eigenvalue weighted by Gasteiger charge is 2.08. The highest BCUT2D eigenvalue weighted by atomic mass is 19.1. The normalized spacial score (nSPS) is 10.4. The maximum Gasteiger partial charge on any atom is 0.310 e. The third-order valence-electron chi connectivity index (χ3n) is 4.28. The van der Waals surface area contributed by atoms with E-state index in [9.17, 15) is 14.0 Å². The molecule has 3 rings (SSSR count). The summed E-state index contributed by atoms with van der Waals surface area (Å²) in [6.07, 6.45) is 1.70. The Balaban J connectivity index is 1.56. The lowest BCUT2D eigenvalue weighted by atomic mass is 10.1. The van der Waals surface area contributed by atoms with Crippen molar-refractivity contribution < 1.29 is 18.7 Å². The summed E-state index contributed by atoms with van der Waals surface area (Å²) >= 11 is 0. The predicted molar refractivity (Wildman–Crippen MR) is 108 cm³/mol. The third-order valence-corrected chi connectivity index (χ3v) is 4.28. The molecule has 0 aliphatic rings. The van der Waals surface area contributed by atoms with Crippen LogP contribution in [0.1, 0.15) is 28.4 Å². The number of hydrogen-bond donors (Lipinski definition) is 1. The smallest absolute Gasteiger partial charge is 0.310 e. The van der Waals surface area contributed by atoms with Crippen LogP contribution in [0.15, 0.2) is 66.9 Å². The zero-order chi connectivity index (χ0) is 20.6. The van der Waals surface area contributed by atoms with E-state index in [4.69, 9.17) is 4.74 Å². The molecule has 0 saturated heterocycles. The Hall–Kier alpha value is -3.54. The van der Waals surface area contributed by atoms with E-state index in [-0.39, 0.29) is 24.1 Å². The number of pyridine rings is 1. The summed E-state index contributed by atoms with van der Waals surface area (Å²) in [7, 11) is 0. The van der Waals surface area contributed by atoms with Crippen molar-refractivity contribution in [3.8, 4) is 11.3 Å². The van der Waals surface area contributed by atoms with Gasteiger partial charge in [-0.15, -0.1) is 0 Å². The molecule has 0 aliphatic carbocycles. The van der Waals surface area contributed by atoms with Crippen molar-refractivity contribution in [2.45, 2.75) is 19.9 Å². The molecule has 5 nitrogen and oxygen atoms in total. The Bertz CT molecular complexity index is 986. The molecule has 148 valence electrons. The number of benzene rings is 2. The van der Waals surface area contributed by atoms with Crippen LogP contribution in [0.3, 0.4) is 0 Å².